The number of hydrogen-bond donors (Lipinski definition) is 2. The van der Waals surface area contributed by atoms with Gasteiger partial charge in [-0.15, -0.1) is 0 Å². The second kappa shape index (κ2) is 11.4. The summed E-state index contributed by atoms with van der Waals surface area (Å²) >= 11 is 0. The Balaban J connectivity index is 0.00000181. The van der Waals surface area contributed by atoms with Crippen molar-refractivity contribution in [1.29, 1.82) is 0 Å². The molecule has 1 aliphatic heterocycles. The Kier molecular flexibility index (Phi) is 8.18. The largest absolute Gasteiger partial charge is 0.329 e. The summed E-state index contributed by atoms with van der Waals surface area (Å²) in [6.07, 6.45) is 3.52. The van der Waals surface area contributed by atoms with Crippen LogP contribution in [-0.4, -0.2) is 40.4 Å². The van der Waals surface area contributed by atoms with Crippen LogP contribution in [0.4, 0.5) is 11.5 Å². The van der Waals surface area contributed by atoms with Gasteiger partial charge in [-0.2, -0.15) is 0 Å². The SMILES string of the molecule is CC.CC(C)(C)C(=O)N(CC(=O)Nc1ccc2c(c1)CC1(C2)C(=O)Nc2ncccc21)Cc1ccccc1C=O. The van der Waals surface area contributed by atoms with E-state index >= 15 is 0 Å². The first-order valence-corrected chi connectivity index (χ1v) is 13.6. The first kappa shape index (κ1) is 28.7. The number of nitrogens with zero attached hydrogens (tertiary/aromatic N) is 2. The lowest BCUT2D eigenvalue weighted by atomic mass is 9.79. The molecule has 1 aliphatic carbocycles. The van der Waals surface area contributed by atoms with E-state index in [4.69, 9.17) is 0 Å². The number of aromatic nitrogens is 1. The lowest BCUT2D eigenvalue weighted by Crippen LogP contribution is -2.43. The maximum absolute atomic E-state index is 13.2. The summed E-state index contributed by atoms with van der Waals surface area (Å²) in [5.74, 6) is 0.0225. The number of pyridine rings is 1. The monoisotopic (exact) mass is 540 g/mol. The fraction of sp³-hybridized carbons (Fsp3) is 0.344. The number of rotatable bonds is 6. The number of hydrogen-bond acceptors (Lipinski definition) is 5. The van der Waals surface area contributed by atoms with Gasteiger partial charge in [-0.1, -0.05) is 71.0 Å². The molecule has 1 spiro atoms. The average Bonchev–Trinajstić information content (AvgIpc) is 3.45. The topological polar surface area (TPSA) is 108 Å². The fourth-order valence-corrected chi connectivity index (χ4v) is 5.39. The second-order valence-electron chi connectivity index (χ2n) is 11.0. The molecular formula is C32H36N4O4. The quantitative estimate of drug-likeness (QED) is 0.432. The van der Waals surface area contributed by atoms with Crippen molar-refractivity contribution in [1.82, 2.24) is 9.88 Å². The van der Waals surface area contributed by atoms with Crippen LogP contribution in [0.25, 0.3) is 0 Å². The Morgan fingerprint density at radius 2 is 1.77 bits per heavy atom. The summed E-state index contributed by atoms with van der Waals surface area (Å²) in [7, 11) is 0. The summed E-state index contributed by atoms with van der Waals surface area (Å²) in [5, 5.41) is 5.82. The Morgan fingerprint density at radius 3 is 2.50 bits per heavy atom. The van der Waals surface area contributed by atoms with Gasteiger partial charge in [-0.3, -0.25) is 19.2 Å². The van der Waals surface area contributed by atoms with Gasteiger partial charge < -0.3 is 15.5 Å². The lowest BCUT2D eigenvalue weighted by molar-refractivity contribution is -0.142. The maximum Gasteiger partial charge on any atom is 0.244 e. The number of benzene rings is 2. The predicted molar refractivity (Wildman–Crippen MR) is 155 cm³/mol. The van der Waals surface area contributed by atoms with Crippen LogP contribution < -0.4 is 10.6 Å². The molecule has 5 rings (SSSR count). The van der Waals surface area contributed by atoms with E-state index in [0.717, 1.165) is 23.0 Å². The molecule has 40 heavy (non-hydrogen) atoms. The van der Waals surface area contributed by atoms with E-state index < -0.39 is 10.8 Å². The molecular weight excluding hydrogens is 504 g/mol. The van der Waals surface area contributed by atoms with E-state index in [9.17, 15) is 19.2 Å². The third-order valence-corrected chi connectivity index (χ3v) is 7.27. The van der Waals surface area contributed by atoms with Crippen molar-refractivity contribution in [3.05, 3.63) is 88.6 Å². The molecule has 0 saturated heterocycles. The predicted octanol–water partition coefficient (Wildman–Crippen LogP) is 4.92. The van der Waals surface area contributed by atoms with Gasteiger partial charge in [0.05, 0.1) is 5.41 Å². The maximum atomic E-state index is 13.2. The van der Waals surface area contributed by atoms with E-state index in [1.807, 2.05) is 44.2 Å². The highest BCUT2D eigenvalue weighted by Gasteiger charge is 2.51. The minimum absolute atomic E-state index is 0.0556. The van der Waals surface area contributed by atoms with Crippen LogP contribution in [0.15, 0.2) is 60.8 Å². The molecule has 8 nitrogen and oxygen atoms in total. The van der Waals surface area contributed by atoms with Gasteiger partial charge in [0.25, 0.3) is 0 Å². The molecule has 0 fully saturated rings. The van der Waals surface area contributed by atoms with Crippen LogP contribution in [0.5, 0.6) is 0 Å². The van der Waals surface area contributed by atoms with Crippen LogP contribution in [0, 0.1) is 5.41 Å². The van der Waals surface area contributed by atoms with E-state index in [0.29, 0.717) is 35.5 Å². The minimum Gasteiger partial charge on any atom is -0.329 e. The van der Waals surface area contributed by atoms with Crippen LogP contribution in [-0.2, 0) is 39.2 Å². The molecule has 1 aromatic heterocycles. The van der Waals surface area contributed by atoms with Crippen molar-refractivity contribution in [3.8, 4) is 0 Å². The number of fused-ring (bicyclic) bond motifs is 3. The van der Waals surface area contributed by atoms with Gasteiger partial charge in [0.2, 0.25) is 17.7 Å². The Bertz CT molecular complexity index is 1460. The van der Waals surface area contributed by atoms with Gasteiger partial charge in [-0.25, -0.2) is 4.98 Å². The number of carbonyl (C=O) groups excluding carboxylic acids is 4. The standard InChI is InChI=1S/C30H30N4O4.C2H6/c1-29(2,3)28(38)34(16-20-7-4-5-8-21(20)18-35)17-25(36)32-23-11-10-19-14-30(15-22(19)13-23)24-9-6-12-31-26(24)33-27(30)37;1-2/h4-13,18H,14-17H2,1-3H3,(H,32,36)(H,31,33,37);1-2H3. The van der Waals surface area contributed by atoms with Crippen LogP contribution >= 0.6 is 0 Å². The molecule has 0 radical (unpaired) electrons. The van der Waals surface area contributed by atoms with Crippen molar-refractivity contribution in [3.63, 3.8) is 0 Å². The smallest absolute Gasteiger partial charge is 0.244 e. The van der Waals surface area contributed by atoms with Gasteiger partial charge in [0.1, 0.15) is 18.6 Å². The highest BCUT2D eigenvalue weighted by Crippen LogP contribution is 2.46. The zero-order chi connectivity index (χ0) is 29.1. The van der Waals surface area contributed by atoms with Crippen molar-refractivity contribution in [2.75, 3.05) is 17.2 Å². The third kappa shape index (κ3) is 5.52. The molecule has 0 saturated carbocycles. The molecule has 208 valence electrons. The Hall–Kier alpha value is -4.33. The first-order valence-electron chi connectivity index (χ1n) is 13.6. The van der Waals surface area contributed by atoms with Crippen molar-refractivity contribution in [2.24, 2.45) is 5.41 Å². The van der Waals surface area contributed by atoms with E-state index in [1.54, 1.807) is 51.2 Å². The van der Waals surface area contributed by atoms with Crippen LogP contribution in [0.1, 0.15) is 67.2 Å². The Labute approximate surface area is 235 Å². The molecule has 8 heteroatoms. The van der Waals surface area contributed by atoms with Crippen LogP contribution in [0.3, 0.4) is 0 Å². The first-order chi connectivity index (χ1) is 19.1. The van der Waals surface area contributed by atoms with E-state index in [2.05, 4.69) is 15.6 Å². The average molecular weight is 541 g/mol. The summed E-state index contributed by atoms with van der Waals surface area (Å²) in [6.45, 7) is 9.39. The van der Waals surface area contributed by atoms with E-state index in [-0.39, 0.29) is 30.8 Å². The highest BCUT2D eigenvalue weighted by molar-refractivity contribution is 6.06. The number of anilines is 2. The zero-order valence-corrected chi connectivity index (χ0v) is 23.7. The number of carbonyl (C=O) groups is 4. The van der Waals surface area contributed by atoms with Gasteiger partial charge in [-0.05, 0) is 47.7 Å². The number of amides is 3. The summed E-state index contributed by atoms with van der Waals surface area (Å²) in [4.78, 5) is 56.6. The van der Waals surface area contributed by atoms with Gasteiger partial charge in [0, 0.05) is 35.0 Å². The Morgan fingerprint density at radius 1 is 1.05 bits per heavy atom. The van der Waals surface area contributed by atoms with E-state index in [1.165, 1.54) is 4.90 Å². The molecule has 2 heterocycles. The van der Waals surface area contributed by atoms with Crippen LogP contribution in [0.2, 0.25) is 0 Å². The fourth-order valence-electron chi connectivity index (χ4n) is 5.39. The molecule has 0 bridgehead atoms. The molecule has 1 unspecified atom stereocenters. The molecule has 2 aliphatic rings. The lowest BCUT2D eigenvalue weighted by Gasteiger charge is -2.29. The van der Waals surface area contributed by atoms with Crippen molar-refractivity contribution in [2.45, 2.75) is 59.4 Å². The normalized spacial score (nSPS) is 16.8. The second-order valence-corrected chi connectivity index (χ2v) is 11.0. The minimum atomic E-state index is -0.703. The molecule has 3 amide bonds. The zero-order valence-electron chi connectivity index (χ0n) is 23.7. The number of aldehydes is 1. The summed E-state index contributed by atoms with van der Waals surface area (Å²) in [6, 6.07) is 16.5. The van der Waals surface area contributed by atoms with Crippen molar-refractivity contribution >= 4 is 35.5 Å². The van der Waals surface area contributed by atoms with Gasteiger partial charge in [0.15, 0.2) is 0 Å². The van der Waals surface area contributed by atoms with Gasteiger partial charge >= 0.3 is 0 Å². The summed E-state index contributed by atoms with van der Waals surface area (Å²) in [5.41, 5.74) is 3.34. The third-order valence-electron chi connectivity index (χ3n) is 7.27. The summed E-state index contributed by atoms with van der Waals surface area (Å²) < 4.78 is 0. The number of nitrogens with one attached hydrogen (secondary N) is 2. The highest BCUT2D eigenvalue weighted by atomic mass is 16.2. The van der Waals surface area contributed by atoms with Crippen molar-refractivity contribution < 1.29 is 19.2 Å². The molecule has 1 atom stereocenters. The molecule has 2 aromatic carbocycles. The molecule has 3 aromatic rings. The molecule has 2 N–H and O–H groups in total.